The molecule has 0 radical (unpaired) electrons. The molecule has 0 bridgehead atoms. The summed E-state index contributed by atoms with van der Waals surface area (Å²) < 4.78 is 16.6. The number of amides is 1. The first-order valence-electron chi connectivity index (χ1n) is 13.3. The Morgan fingerprint density at radius 2 is 1.95 bits per heavy atom. The van der Waals surface area contributed by atoms with Gasteiger partial charge < -0.3 is 24.6 Å². The van der Waals surface area contributed by atoms with Crippen LogP contribution in [0.25, 0.3) is 22.3 Å². The van der Waals surface area contributed by atoms with Gasteiger partial charge in [0.15, 0.2) is 0 Å². The molecule has 0 spiro atoms. The van der Waals surface area contributed by atoms with Crippen molar-refractivity contribution in [2.45, 2.75) is 58.2 Å². The van der Waals surface area contributed by atoms with Gasteiger partial charge in [-0.3, -0.25) is 4.79 Å². The third-order valence-electron chi connectivity index (χ3n) is 8.48. The molecule has 1 aliphatic heterocycles. The number of carbonyl (C=O) groups is 1. The third-order valence-corrected chi connectivity index (χ3v) is 8.48. The number of nitrogens with one attached hydrogen (secondary N) is 1. The second-order valence-corrected chi connectivity index (χ2v) is 10.8. The molecule has 2 aliphatic rings. The minimum atomic E-state index is -2.00. The fourth-order valence-corrected chi connectivity index (χ4v) is 6.12. The summed E-state index contributed by atoms with van der Waals surface area (Å²) in [6, 6.07) is 9.86. The van der Waals surface area contributed by atoms with E-state index in [0.29, 0.717) is 40.9 Å². The molecule has 0 saturated carbocycles. The van der Waals surface area contributed by atoms with Crippen LogP contribution in [0.3, 0.4) is 0 Å². The molecule has 2 atom stereocenters. The van der Waals surface area contributed by atoms with Crippen LogP contribution in [0.1, 0.15) is 75.1 Å². The number of nitrogens with zero attached hydrogens (tertiary/aromatic N) is 2. The molecule has 2 aromatic heterocycles. The van der Waals surface area contributed by atoms with E-state index in [1.165, 1.54) is 10.6 Å². The number of rotatable bonds is 5. The fraction of sp³-hybridized carbons (Fsp3) is 0.281. The van der Waals surface area contributed by atoms with Crippen molar-refractivity contribution in [3.63, 3.8) is 0 Å². The zero-order valence-corrected chi connectivity index (χ0v) is 27.2. The van der Waals surface area contributed by atoms with Gasteiger partial charge in [-0.15, -0.1) is 11.1 Å². The van der Waals surface area contributed by atoms with Crippen molar-refractivity contribution in [3.8, 4) is 11.4 Å². The molecule has 0 fully saturated rings. The maximum atomic E-state index is 15.0. The van der Waals surface area contributed by atoms with E-state index in [4.69, 9.17) is 4.98 Å². The van der Waals surface area contributed by atoms with Crippen LogP contribution in [0.4, 0.5) is 4.39 Å². The summed E-state index contributed by atoms with van der Waals surface area (Å²) in [5, 5.41) is 14.9. The van der Waals surface area contributed by atoms with E-state index >= 15 is 4.39 Å². The van der Waals surface area contributed by atoms with Gasteiger partial charge in [0.1, 0.15) is 11.4 Å². The molecule has 9 heteroatoms. The predicted molar refractivity (Wildman–Crippen MR) is 149 cm³/mol. The van der Waals surface area contributed by atoms with Gasteiger partial charge >= 0.3 is 31.1 Å². The minimum absolute atomic E-state index is 0. The van der Waals surface area contributed by atoms with Crippen LogP contribution in [-0.4, -0.2) is 26.9 Å². The summed E-state index contributed by atoms with van der Waals surface area (Å²) in [4.78, 5) is 43.3. The maximum Gasteiger partial charge on any atom is 2.00 e. The summed E-state index contributed by atoms with van der Waals surface area (Å²) in [7, 11) is 0. The number of aryl methyl sites for hydroxylation is 2. The molecule has 3 heterocycles. The quantitative estimate of drug-likeness (QED) is 0.257. The molecule has 7 nitrogen and oxygen atoms in total. The van der Waals surface area contributed by atoms with E-state index in [-0.39, 0.29) is 66.9 Å². The number of fused-ring (bicyclic) bond motifs is 4. The topological polar surface area (TPSA) is 101 Å². The monoisotopic (exact) mass is 775 g/mol. The van der Waals surface area contributed by atoms with Crippen LogP contribution in [-0.2, 0) is 23.4 Å². The average Bonchev–Trinajstić information content (AvgIpc) is 3.32. The number of hydrogen-bond donors (Lipinski definition) is 2. The number of halogens is 1. The first-order valence-corrected chi connectivity index (χ1v) is 13.3. The van der Waals surface area contributed by atoms with Crippen molar-refractivity contribution in [2.24, 2.45) is 0 Å². The van der Waals surface area contributed by atoms with Crippen molar-refractivity contribution in [2.75, 3.05) is 0 Å². The Balaban J connectivity index is 0.00000337. The smallest absolute Gasteiger partial charge is 0.540 e. The first kappa shape index (κ1) is 29.3. The molecule has 0 unspecified atom stereocenters. The average molecular weight is 776 g/mol. The Morgan fingerprint density at radius 1 is 1.24 bits per heavy atom. The van der Waals surface area contributed by atoms with E-state index in [9.17, 15) is 19.5 Å². The number of aromatic nitrogens is 2. The predicted octanol–water partition coefficient (Wildman–Crippen LogP) is 4.49. The molecule has 206 valence electrons. The Kier molecular flexibility index (Phi) is 7.52. The first-order chi connectivity index (χ1) is 19.1. The summed E-state index contributed by atoms with van der Waals surface area (Å²) in [6.07, 6.45) is 2.77. The fourth-order valence-electron chi connectivity index (χ4n) is 6.12. The Labute approximate surface area is 260 Å². The minimum Gasteiger partial charge on any atom is -0.540 e. The van der Waals surface area contributed by atoms with Gasteiger partial charge in [0, 0.05) is 34.8 Å². The van der Waals surface area contributed by atoms with Crippen molar-refractivity contribution < 1.29 is 50.2 Å². The molecule has 0 saturated heterocycles. The van der Waals surface area contributed by atoms with Crippen LogP contribution < -0.4 is 10.9 Å². The Bertz CT molecular complexity index is 1820. The van der Waals surface area contributed by atoms with Gasteiger partial charge in [0.25, 0.3) is 5.91 Å². The van der Waals surface area contributed by atoms with Crippen molar-refractivity contribution in [3.05, 3.63) is 104 Å². The number of benzene rings is 2. The Hall–Kier alpha value is -3.25. The second kappa shape index (κ2) is 10.5. The number of hydrogen-bond acceptors (Lipinski definition) is 5. The van der Waals surface area contributed by atoms with Gasteiger partial charge in [0.05, 0.1) is 17.3 Å². The largest absolute Gasteiger partial charge is 2.00 e. The third kappa shape index (κ3) is 4.46. The van der Waals surface area contributed by atoms with Crippen molar-refractivity contribution in [1.29, 1.82) is 0 Å². The van der Waals surface area contributed by atoms with E-state index in [2.05, 4.69) is 12.2 Å². The van der Waals surface area contributed by atoms with Crippen molar-refractivity contribution >= 4 is 23.1 Å². The number of pyridine rings is 2. The normalized spacial score (nSPS) is 16.4. The van der Waals surface area contributed by atoms with Crippen molar-refractivity contribution in [1.82, 2.24) is 14.9 Å². The van der Waals surface area contributed by atoms with Gasteiger partial charge in [-0.1, -0.05) is 37.1 Å². The van der Waals surface area contributed by atoms with E-state index < -0.39 is 17.2 Å². The van der Waals surface area contributed by atoms with Crippen LogP contribution in [0, 0.1) is 57.7 Å². The van der Waals surface area contributed by atoms with Gasteiger partial charge in [0.2, 0.25) is 0 Å². The molecule has 1 aliphatic carbocycles. The number of aliphatic hydroxyl groups is 1. The van der Waals surface area contributed by atoms with E-state index in [1.54, 1.807) is 38.3 Å². The molecular formula is C32H28FN3O4U. The van der Waals surface area contributed by atoms with E-state index in [0.717, 1.165) is 27.6 Å². The molecule has 6 rings (SSSR count). The molecule has 2 aromatic carbocycles. The van der Waals surface area contributed by atoms with E-state index in [1.807, 2.05) is 19.1 Å². The molecule has 1 amide bonds. The van der Waals surface area contributed by atoms with Gasteiger partial charge in [-0.05, 0) is 61.1 Å². The standard InChI is InChI=1S/C32H28FN3O4.U/c1-5-32(40,15-37)22-12-26-29-21(14-36(26)31(39)18(22)4)28-24(35-30(38)19-8-6-16(2)7-9-19)11-10-20-17(3)23(33)13-25(34-29)27(20)28;/h6-9,12-13,24,40H,4-5,10-11,14H2,1-3H3,(H,35,38);/q-2;+2/t24-,32+;/m0./s1. The molecule has 2 N–H and O–H groups in total. The molecule has 4 aromatic rings. The summed E-state index contributed by atoms with van der Waals surface area (Å²) in [5.74, 6) is -0.598. The zero-order chi connectivity index (χ0) is 28.5. The van der Waals surface area contributed by atoms with Crippen LogP contribution in [0.2, 0.25) is 0 Å². The Morgan fingerprint density at radius 3 is 2.61 bits per heavy atom. The zero-order valence-electron chi connectivity index (χ0n) is 23.0. The van der Waals surface area contributed by atoms with Crippen LogP contribution in [0.15, 0.2) is 41.2 Å². The second-order valence-electron chi connectivity index (χ2n) is 10.8. The summed E-state index contributed by atoms with van der Waals surface area (Å²) in [6.45, 7) is 9.35. The van der Waals surface area contributed by atoms with Gasteiger partial charge in [-0.25, -0.2) is 15.7 Å². The van der Waals surface area contributed by atoms with Crippen LogP contribution in [0.5, 0.6) is 0 Å². The summed E-state index contributed by atoms with van der Waals surface area (Å²) in [5.41, 5.74) is 3.44. The molecular weight excluding hydrogens is 747 g/mol. The number of carbonyl (C=O) groups excluding carboxylic acids is 2. The maximum absolute atomic E-state index is 15.0. The van der Waals surface area contributed by atoms with Gasteiger partial charge in [-0.2, -0.15) is 6.92 Å². The van der Waals surface area contributed by atoms with Crippen LogP contribution >= 0.6 is 0 Å². The summed E-state index contributed by atoms with van der Waals surface area (Å²) >= 11 is 0. The SMILES string of the molecule is [CH2-]c1c([C@](O)([C-]=O)CC)cc2n(c1=O)Cc1c-2nc2cc(F)c(C)c3c2c1[C@@H](NC(=O)c1ccc(C)cc1)CC3.[U+2]. The molecule has 41 heavy (non-hydrogen) atoms.